The average molecular weight is 283 g/mol. The number of likely N-dealkylation sites (tertiary alicyclic amines) is 1. The van der Waals surface area contributed by atoms with Crippen LogP contribution in [0.25, 0.3) is 0 Å². The third-order valence-corrected chi connectivity index (χ3v) is 4.17. The van der Waals surface area contributed by atoms with E-state index in [1.807, 2.05) is 12.4 Å². The second-order valence-corrected chi connectivity index (χ2v) is 5.60. The molecule has 110 valence electrons. The van der Waals surface area contributed by atoms with E-state index in [9.17, 15) is 0 Å². The van der Waals surface area contributed by atoms with Gasteiger partial charge in [0.1, 0.15) is 12.1 Å². The largest absolute Gasteiger partial charge is 0.496 e. The molecule has 1 atom stereocenters. The van der Waals surface area contributed by atoms with Crippen molar-refractivity contribution in [3.05, 3.63) is 53.6 Å². The molecule has 0 saturated carbocycles. The minimum atomic E-state index is 0.481. The molecule has 0 N–H and O–H groups in total. The van der Waals surface area contributed by atoms with Crippen molar-refractivity contribution in [3.8, 4) is 5.75 Å². The molecule has 0 radical (unpaired) electrons. The van der Waals surface area contributed by atoms with Crippen LogP contribution in [0.2, 0.25) is 0 Å². The van der Waals surface area contributed by atoms with Crippen LogP contribution in [0.5, 0.6) is 5.75 Å². The van der Waals surface area contributed by atoms with E-state index >= 15 is 0 Å². The molecule has 0 amide bonds. The lowest BCUT2D eigenvalue weighted by Gasteiger charge is -2.25. The first-order valence-corrected chi connectivity index (χ1v) is 7.40. The Bertz CT molecular complexity index is 600. The van der Waals surface area contributed by atoms with E-state index in [0.29, 0.717) is 6.04 Å². The van der Waals surface area contributed by atoms with Crippen LogP contribution >= 0.6 is 0 Å². The van der Waals surface area contributed by atoms with Gasteiger partial charge >= 0.3 is 0 Å². The summed E-state index contributed by atoms with van der Waals surface area (Å²) >= 11 is 0. The number of methoxy groups -OCH3 is 1. The zero-order valence-electron chi connectivity index (χ0n) is 12.6. The van der Waals surface area contributed by atoms with Crippen LogP contribution in [-0.4, -0.2) is 28.5 Å². The monoisotopic (exact) mass is 283 g/mol. The predicted molar refractivity (Wildman–Crippen MR) is 82.1 cm³/mol. The minimum Gasteiger partial charge on any atom is -0.496 e. The van der Waals surface area contributed by atoms with Gasteiger partial charge in [-0.2, -0.15) is 0 Å². The van der Waals surface area contributed by atoms with Gasteiger partial charge in [0.05, 0.1) is 7.11 Å². The van der Waals surface area contributed by atoms with E-state index in [2.05, 4.69) is 40.0 Å². The first-order chi connectivity index (χ1) is 10.3. The summed E-state index contributed by atoms with van der Waals surface area (Å²) in [6.07, 6.45) is 7.84. The van der Waals surface area contributed by atoms with E-state index in [1.54, 1.807) is 13.4 Å². The van der Waals surface area contributed by atoms with Crippen LogP contribution in [0.3, 0.4) is 0 Å². The lowest BCUT2D eigenvalue weighted by Crippen LogP contribution is -2.23. The number of ether oxygens (including phenoxy) is 1. The lowest BCUT2D eigenvalue weighted by atomic mass is 10.0. The first-order valence-electron chi connectivity index (χ1n) is 7.40. The molecule has 1 fully saturated rings. The van der Waals surface area contributed by atoms with Gasteiger partial charge in [0, 0.05) is 30.5 Å². The summed E-state index contributed by atoms with van der Waals surface area (Å²) < 4.78 is 5.35. The highest BCUT2D eigenvalue weighted by atomic mass is 16.5. The van der Waals surface area contributed by atoms with Crippen molar-refractivity contribution in [2.24, 2.45) is 0 Å². The molecule has 0 spiro atoms. The Kier molecular flexibility index (Phi) is 4.15. The molecule has 3 rings (SSSR count). The highest BCUT2D eigenvalue weighted by Crippen LogP contribution is 2.34. The Morgan fingerprint density at radius 2 is 2.10 bits per heavy atom. The summed E-state index contributed by atoms with van der Waals surface area (Å²) in [5.74, 6) is 0.958. The van der Waals surface area contributed by atoms with E-state index in [1.165, 1.54) is 29.5 Å². The maximum absolute atomic E-state index is 5.35. The highest BCUT2D eigenvalue weighted by Gasteiger charge is 2.26. The number of nitrogens with zero attached hydrogens (tertiary/aromatic N) is 3. The topological polar surface area (TPSA) is 38.2 Å². The second kappa shape index (κ2) is 6.22. The molecule has 4 heteroatoms. The zero-order valence-corrected chi connectivity index (χ0v) is 12.6. The van der Waals surface area contributed by atoms with Crippen molar-refractivity contribution in [3.63, 3.8) is 0 Å². The van der Waals surface area contributed by atoms with Crippen molar-refractivity contribution in [2.45, 2.75) is 32.4 Å². The summed E-state index contributed by atoms with van der Waals surface area (Å²) in [6, 6.07) is 7.00. The van der Waals surface area contributed by atoms with Crippen LogP contribution in [0.4, 0.5) is 0 Å². The average Bonchev–Trinajstić information content (AvgIpc) is 2.96. The molecule has 0 bridgehead atoms. The summed E-state index contributed by atoms with van der Waals surface area (Å²) in [6.45, 7) is 4.15. The summed E-state index contributed by atoms with van der Waals surface area (Å²) in [7, 11) is 1.72. The molecule has 1 aliphatic heterocycles. The van der Waals surface area contributed by atoms with Crippen LogP contribution in [0.1, 0.15) is 35.6 Å². The van der Waals surface area contributed by atoms with Crippen molar-refractivity contribution < 1.29 is 4.74 Å². The van der Waals surface area contributed by atoms with E-state index in [4.69, 9.17) is 4.74 Å². The molecule has 1 aromatic carbocycles. The summed E-state index contributed by atoms with van der Waals surface area (Å²) in [5.41, 5.74) is 3.75. The van der Waals surface area contributed by atoms with Crippen molar-refractivity contribution in [2.75, 3.05) is 13.7 Å². The Morgan fingerprint density at radius 1 is 1.29 bits per heavy atom. The molecular weight excluding hydrogens is 262 g/mol. The fourth-order valence-corrected chi connectivity index (χ4v) is 3.15. The summed E-state index contributed by atoms with van der Waals surface area (Å²) in [4.78, 5) is 10.7. The molecule has 2 aromatic rings. The van der Waals surface area contributed by atoms with Gasteiger partial charge in [-0.05, 0) is 43.5 Å². The number of hydrogen-bond acceptors (Lipinski definition) is 4. The normalized spacial score (nSPS) is 18.9. The number of benzene rings is 1. The molecule has 2 heterocycles. The van der Waals surface area contributed by atoms with Crippen LogP contribution < -0.4 is 4.74 Å². The van der Waals surface area contributed by atoms with Crippen LogP contribution in [-0.2, 0) is 6.54 Å². The highest BCUT2D eigenvalue weighted by molar-refractivity contribution is 5.37. The molecule has 4 nitrogen and oxygen atoms in total. The standard InChI is InChI=1S/C17H21N3O/c1-13-8-15(5-6-17(13)21-2)16-4-3-7-20(16)11-14-9-18-12-19-10-14/h5-6,8-10,12,16H,3-4,7,11H2,1-2H3/t16-/m1/s1. The predicted octanol–water partition coefficient (Wildman–Crippen LogP) is 3.13. The fourth-order valence-electron chi connectivity index (χ4n) is 3.15. The lowest BCUT2D eigenvalue weighted by molar-refractivity contribution is 0.247. The maximum Gasteiger partial charge on any atom is 0.121 e. The molecule has 0 aliphatic carbocycles. The van der Waals surface area contributed by atoms with Gasteiger partial charge in [-0.3, -0.25) is 4.90 Å². The molecule has 1 aliphatic rings. The number of hydrogen-bond donors (Lipinski definition) is 0. The molecule has 1 aromatic heterocycles. The van der Waals surface area contributed by atoms with Gasteiger partial charge in [0.25, 0.3) is 0 Å². The second-order valence-electron chi connectivity index (χ2n) is 5.60. The maximum atomic E-state index is 5.35. The van der Waals surface area contributed by atoms with Crippen molar-refractivity contribution >= 4 is 0 Å². The smallest absolute Gasteiger partial charge is 0.121 e. The fraction of sp³-hybridized carbons (Fsp3) is 0.412. The minimum absolute atomic E-state index is 0.481. The van der Waals surface area contributed by atoms with Crippen molar-refractivity contribution in [1.29, 1.82) is 0 Å². The van der Waals surface area contributed by atoms with Crippen LogP contribution in [0, 0.1) is 6.92 Å². The third-order valence-electron chi connectivity index (χ3n) is 4.17. The van der Waals surface area contributed by atoms with Gasteiger partial charge in [-0.1, -0.05) is 12.1 Å². The Morgan fingerprint density at radius 3 is 2.81 bits per heavy atom. The first kappa shape index (κ1) is 14.0. The third kappa shape index (κ3) is 3.05. The van der Waals surface area contributed by atoms with E-state index in [0.717, 1.165) is 18.8 Å². The van der Waals surface area contributed by atoms with Gasteiger partial charge in [0.15, 0.2) is 0 Å². The quantitative estimate of drug-likeness (QED) is 0.864. The van der Waals surface area contributed by atoms with Gasteiger partial charge < -0.3 is 4.74 Å². The SMILES string of the molecule is COc1ccc([C@H]2CCCN2Cc2cncnc2)cc1C. The number of rotatable bonds is 4. The van der Waals surface area contributed by atoms with E-state index in [-0.39, 0.29) is 0 Å². The number of aromatic nitrogens is 2. The van der Waals surface area contributed by atoms with E-state index < -0.39 is 0 Å². The molecule has 0 unspecified atom stereocenters. The molecule has 1 saturated heterocycles. The zero-order chi connectivity index (χ0) is 14.7. The van der Waals surface area contributed by atoms with Gasteiger partial charge in [-0.25, -0.2) is 9.97 Å². The Labute approximate surface area is 125 Å². The van der Waals surface area contributed by atoms with Crippen LogP contribution in [0.15, 0.2) is 36.9 Å². The Balaban J connectivity index is 1.79. The summed E-state index contributed by atoms with van der Waals surface area (Å²) in [5, 5.41) is 0. The van der Waals surface area contributed by atoms with Gasteiger partial charge in [-0.15, -0.1) is 0 Å². The molecular formula is C17H21N3O. The van der Waals surface area contributed by atoms with Gasteiger partial charge in [0.2, 0.25) is 0 Å². The Hall–Kier alpha value is -1.94. The van der Waals surface area contributed by atoms with Crippen molar-refractivity contribution in [1.82, 2.24) is 14.9 Å². The number of aryl methyl sites for hydroxylation is 1. The molecule has 21 heavy (non-hydrogen) atoms.